The van der Waals surface area contributed by atoms with Gasteiger partial charge in [0.2, 0.25) is 5.95 Å². The molecule has 3 heterocycles. The molecule has 25 heavy (non-hydrogen) atoms. The van der Waals surface area contributed by atoms with Crippen LogP contribution in [0, 0.1) is 6.92 Å². The first kappa shape index (κ1) is 17.3. The van der Waals surface area contributed by atoms with Crippen LogP contribution < -0.4 is 10.2 Å². The maximum Gasteiger partial charge on any atom is 0.270 e. The summed E-state index contributed by atoms with van der Waals surface area (Å²) in [6, 6.07) is 5.44. The molecule has 1 amide bonds. The Kier molecular flexibility index (Phi) is 5.58. The smallest absolute Gasteiger partial charge is 0.270 e. The maximum absolute atomic E-state index is 12.6. The lowest BCUT2D eigenvalue weighted by molar-refractivity contribution is 0.0934. The Morgan fingerprint density at radius 1 is 1.12 bits per heavy atom. The van der Waals surface area contributed by atoms with Crippen molar-refractivity contribution in [1.82, 2.24) is 20.3 Å². The number of carbonyl (C=O) groups is 1. The zero-order valence-electron chi connectivity index (χ0n) is 14.9. The summed E-state index contributed by atoms with van der Waals surface area (Å²) >= 11 is 0. The Balaban J connectivity index is 1.76. The van der Waals surface area contributed by atoms with Crippen LogP contribution in [0.4, 0.5) is 5.95 Å². The predicted octanol–water partition coefficient (Wildman–Crippen LogP) is 3.05. The van der Waals surface area contributed by atoms with E-state index in [1.54, 1.807) is 18.5 Å². The summed E-state index contributed by atoms with van der Waals surface area (Å²) in [5.41, 5.74) is 2.26. The highest BCUT2D eigenvalue weighted by Gasteiger charge is 2.18. The van der Waals surface area contributed by atoms with Crippen LogP contribution in [0.3, 0.4) is 0 Å². The molecular weight excluding hydrogens is 314 g/mol. The minimum Gasteiger partial charge on any atom is -0.344 e. The zero-order chi connectivity index (χ0) is 17.6. The topological polar surface area (TPSA) is 71.0 Å². The molecule has 1 fully saturated rings. The molecular formula is C19H25N5O. The van der Waals surface area contributed by atoms with Crippen molar-refractivity contribution in [2.75, 3.05) is 18.0 Å². The first-order chi connectivity index (χ1) is 12.1. The fourth-order valence-corrected chi connectivity index (χ4v) is 3.09. The van der Waals surface area contributed by atoms with Gasteiger partial charge in [-0.3, -0.25) is 9.78 Å². The normalized spacial score (nSPS) is 16.2. The summed E-state index contributed by atoms with van der Waals surface area (Å²) in [6.45, 7) is 5.78. The van der Waals surface area contributed by atoms with Crippen LogP contribution in [0.2, 0.25) is 0 Å². The third-order valence-electron chi connectivity index (χ3n) is 4.52. The van der Waals surface area contributed by atoms with Gasteiger partial charge in [0, 0.05) is 31.2 Å². The Bertz CT molecular complexity index is 711. The first-order valence-electron chi connectivity index (χ1n) is 8.95. The molecule has 0 spiro atoms. The maximum atomic E-state index is 12.6. The van der Waals surface area contributed by atoms with Gasteiger partial charge in [-0.25, -0.2) is 9.97 Å². The van der Waals surface area contributed by atoms with Gasteiger partial charge in [0.05, 0.1) is 6.04 Å². The fraction of sp³-hybridized carbons (Fsp3) is 0.474. The number of carbonyl (C=O) groups excluding carboxylic acids is 1. The summed E-state index contributed by atoms with van der Waals surface area (Å²) < 4.78 is 0. The molecule has 0 aliphatic carbocycles. The first-order valence-corrected chi connectivity index (χ1v) is 8.95. The predicted molar refractivity (Wildman–Crippen MR) is 97.6 cm³/mol. The summed E-state index contributed by atoms with van der Waals surface area (Å²) in [7, 11) is 0. The second-order valence-electron chi connectivity index (χ2n) is 6.57. The lowest BCUT2D eigenvalue weighted by atomic mass is 10.1. The van der Waals surface area contributed by atoms with Crippen molar-refractivity contribution >= 4 is 11.9 Å². The lowest BCUT2D eigenvalue weighted by Crippen LogP contribution is -2.30. The molecule has 0 aromatic carbocycles. The number of amides is 1. The van der Waals surface area contributed by atoms with E-state index in [0.29, 0.717) is 11.6 Å². The third-order valence-corrected chi connectivity index (χ3v) is 4.52. The molecule has 1 aliphatic heterocycles. The van der Waals surface area contributed by atoms with Crippen molar-refractivity contribution in [2.45, 2.75) is 45.6 Å². The molecule has 1 aliphatic rings. The van der Waals surface area contributed by atoms with Crippen LogP contribution in [-0.2, 0) is 0 Å². The van der Waals surface area contributed by atoms with Gasteiger partial charge >= 0.3 is 0 Å². The van der Waals surface area contributed by atoms with Gasteiger partial charge in [0.25, 0.3) is 5.91 Å². The number of rotatable bonds is 4. The van der Waals surface area contributed by atoms with Crippen molar-refractivity contribution < 1.29 is 4.79 Å². The van der Waals surface area contributed by atoms with Crippen molar-refractivity contribution in [3.05, 3.63) is 47.5 Å². The van der Waals surface area contributed by atoms with Crippen molar-refractivity contribution in [1.29, 1.82) is 0 Å². The number of aryl methyl sites for hydroxylation is 1. The summed E-state index contributed by atoms with van der Waals surface area (Å²) in [4.78, 5) is 27.9. The third kappa shape index (κ3) is 4.53. The number of aromatic nitrogens is 3. The van der Waals surface area contributed by atoms with Crippen molar-refractivity contribution in [3.63, 3.8) is 0 Å². The van der Waals surface area contributed by atoms with E-state index in [4.69, 9.17) is 0 Å². The molecule has 6 nitrogen and oxygen atoms in total. The molecule has 1 N–H and O–H groups in total. The quantitative estimate of drug-likeness (QED) is 0.927. The van der Waals surface area contributed by atoms with E-state index in [2.05, 4.69) is 25.2 Å². The summed E-state index contributed by atoms with van der Waals surface area (Å²) in [5, 5.41) is 3.01. The SMILES string of the molecule is Cc1cc(C(=O)N[C@H](C)c2ccncc2)nc(N2CCCCCC2)n1. The van der Waals surface area contributed by atoms with Gasteiger partial charge in [-0.1, -0.05) is 12.8 Å². The largest absolute Gasteiger partial charge is 0.344 e. The highest BCUT2D eigenvalue weighted by atomic mass is 16.1. The molecule has 1 atom stereocenters. The minimum atomic E-state index is -0.175. The number of nitrogens with one attached hydrogen (secondary N) is 1. The average Bonchev–Trinajstić information content (AvgIpc) is 2.91. The second-order valence-corrected chi connectivity index (χ2v) is 6.57. The van der Waals surface area contributed by atoms with Crippen molar-refractivity contribution in [2.24, 2.45) is 0 Å². The van der Waals surface area contributed by atoms with Crippen LogP contribution in [0.5, 0.6) is 0 Å². The zero-order valence-corrected chi connectivity index (χ0v) is 14.9. The molecule has 2 aromatic heterocycles. The Morgan fingerprint density at radius 2 is 1.80 bits per heavy atom. The molecule has 0 unspecified atom stereocenters. The van der Waals surface area contributed by atoms with Crippen LogP contribution in [0.25, 0.3) is 0 Å². The minimum absolute atomic E-state index is 0.104. The number of hydrogen-bond acceptors (Lipinski definition) is 5. The molecule has 0 saturated carbocycles. The highest BCUT2D eigenvalue weighted by molar-refractivity contribution is 5.92. The fourth-order valence-electron chi connectivity index (χ4n) is 3.09. The standard InChI is InChI=1S/C19H25N5O/c1-14-13-17(18(25)22-15(2)16-7-9-20-10-8-16)23-19(21-14)24-11-5-3-4-6-12-24/h7-10,13,15H,3-6,11-12H2,1-2H3,(H,22,25)/t15-/m1/s1. The molecule has 0 bridgehead atoms. The average molecular weight is 339 g/mol. The van der Waals surface area contributed by atoms with Gasteiger partial charge in [-0.05, 0) is 50.5 Å². The molecule has 3 rings (SSSR count). The second kappa shape index (κ2) is 8.05. The monoisotopic (exact) mass is 339 g/mol. The van der Waals surface area contributed by atoms with Gasteiger partial charge in [-0.15, -0.1) is 0 Å². The summed E-state index contributed by atoms with van der Waals surface area (Å²) in [6.07, 6.45) is 8.25. The molecule has 6 heteroatoms. The summed E-state index contributed by atoms with van der Waals surface area (Å²) in [5.74, 6) is 0.495. The van der Waals surface area contributed by atoms with E-state index in [1.807, 2.05) is 26.0 Å². The van der Waals surface area contributed by atoms with Crippen molar-refractivity contribution in [3.8, 4) is 0 Å². The van der Waals surface area contributed by atoms with Gasteiger partial charge in [-0.2, -0.15) is 0 Å². The molecule has 0 radical (unpaired) electrons. The van der Waals surface area contributed by atoms with Gasteiger partial charge in [0.1, 0.15) is 5.69 Å². The Hall–Kier alpha value is -2.50. The number of hydrogen-bond donors (Lipinski definition) is 1. The number of nitrogens with zero attached hydrogens (tertiary/aromatic N) is 4. The van der Waals surface area contributed by atoms with E-state index >= 15 is 0 Å². The van der Waals surface area contributed by atoms with E-state index < -0.39 is 0 Å². The van der Waals surface area contributed by atoms with Crippen LogP contribution in [0.15, 0.2) is 30.6 Å². The van der Waals surface area contributed by atoms with E-state index in [-0.39, 0.29) is 11.9 Å². The van der Waals surface area contributed by atoms with E-state index in [9.17, 15) is 4.79 Å². The Labute approximate surface area is 148 Å². The molecule has 2 aromatic rings. The van der Waals surface area contributed by atoms with Gasteiger partial charge < -0.3 is 10.2 Å². The van der Waals surface area contributed by atoms with Crippen LogP contribution in [0.1, 0.15) is 60.4 Å². The number of pyridine rings is 1. The highest BCUT2D eigenvalue weighted by Crippen LogP contribution is 2.17. The van der Waals surface area contributed by atoms with E-state index in [0.717, 1.165) is 37.2 Å². The number of anilines is 1. The molecule has 1 saturated heterocycles. The van der Waals surface area contributed by atoms with E-state index in [1.165, 1.54) is 12.8 Å². The lowest BCUT2D eigenvalue weighted by Gasteiger charge is -2.21. The van der Waals surface area contributed by atoms with Crippen LogP contribution in [-0.4, -0.2) is 33.9 Å². The van der Waals surface area contributed by atoms with Crippen LogP contribution >= 0.6 is 0 Å². The van der Waals surface area contributed by atoms with Gasteiger partial charge in [0.15, 0.2) is 0 Å². The molecule has 132 valence electrons. The Morgan fingerprint density at radius 3 is 2.48 bits per heavy atom.